The number of aromatic nitrogens is 1. The number of nitrogens with two attached hydrogens (primary N) is 1. The standard InChI is InChI=1S/C18H24N4O2/c1-13-9-20-17(24-13)12-21(2)16-6-7-22(11-16)10-14-4-3-5-15(8-14)18(19)23/h3-5,8-9,16H,6-7,10-12H2,1-2H3,(H2,19,23)/t16-/m0/s1. The molecule has 1 atom stereocenters. The monoisotopic (exact) mass is 328 g/mol. The van der Waals surface area contributed by atoms with Gasteiger partial charge in [-0.1, -0.05) is 12.1 Å². The molecule has 128 valence electrons. The summed E-state index contributed by atoms with van der Waals surface area (Å²) < 4.78 is 5.56. The van der Waals surface area contributed by atoms with Gasteiger partial charge in [-0.05, 0) is 38.1 Å². The van der Waals surface area contributed by atoms with E-state index in [9.17, 15) is 4.79 Å². The van der Waals surface area contributed by atoms with E-state index in [1.54, 1.807) is 12.3 Å². The quantitative estimate of drug-likeness (QED) is 0.875. The van der Waals surface area contributed by atoms with Crippen molar-refractivity contribution >= 4 is 5.91 Å². The highest BCUT2D eigenvalue weighted by Crippen LogP contribution is 2.19. The van der Waals surface area contributed by atoms with Crippen LogP contribution in [0.25, 0.3) is 0 Å². The summed E-state index contributed by atoms with van der Waals surface area (Å²) in [6.45, 7) is 5.51. The summed E-state index contributed by atoms with van der Waals surface area (Å²) in [5, 5.41) is 0. The SMILES string of the molecule is Cc1cnc(CN(C)[C@H]2CCN(Cc3cccc(C(N)=O)c3)C2)o1. The number of nitrogens with zero attached hydrogens (tertiary/aromatic N) is 3. The third-order valence-corrected chi connectivity index (χ3v) is 4.54. The fourth-order valence-electron chi connectivity index (χ4n) is 3.21. The molecule has 1 saturated heterocycles. The van der Waals surface area contributed by atoms with Crippen LogP contribution in [0.2, 0.25) is 0 Å². The van der Waals surface area contributed by atoms with Crippen molar-refractivity contribution in [1.82, 2.24) is 14.8 Å². The molecule has 2 heterocycles. The molecule has 0 aliphatic carbocycles. The van der Waals surface area contributed by atoms with Gasteiger partial charge in [0.25, 0.3) is 0 Å². The minimum atomic E-state index is -0.378. The number of carbonyl (C=O) groups excluding carboxylic acids is 1. The van der Waals surface area contributed by atoms with Crippen molar-refractivity contribution in [2.45, 2.75) is 32.5 Å². The van der Waals surface area contributed by atoms with E-state index in [-0.39, 0.29) is 5.91 Å². The zero-order chi connectivity index (χ0) is 17.1. The predicted molar refractivity (Wildman–Crippen MR) is 91.3 cm³/mol. The summed E-state index contributed by atoms with van der Waals surface area (Å²) in [6.07, 6.45) is 2.88. The summed E-state index contributed by atoms with van der Waals surface area (Å²) in [7, 11) is 2.11. The van der Waals surface area contributed by atoms with Crippen molar-refractivity contribution in [2.24, 2.45) is 5.73 Å². The summed E-state index contributed by atoms with van der Waals surface area (Å²) in [6, 6.07) is 8.05. The van der Waals surface area contributed by atoms with Crippen LogP contribution in [0.15, 0.2) is 34.9 Å². The molecule has 1 aliphatic rings. The van der Waals surface area contributed by atoms with Gasteiger partial charge in [-0.2, -0.15) is 0 Å². The van der Waals surface area contributed by atoms with Crippen molar-refractivity contribution in [3.05, 3.63) is 53.2 Å². The average Bonchev–Trinajstić information content (AvgIpc) is 3.17. The van der Waals surface area contributed by atoms with Crippen LogP contribution < -0.4 is 5.73 Å². The zero-order valence-corrected chi connectivity index (χ0v) is 14.2. The van der Waals surface area contributed by atoms with Crippen LogP contribution in [0.5, 0.6) is 0 Å². The van der Waals surface area contributed by atoms with Crippen LogP contribution in [0.3, 0.4) is 0 Å². The number of benzene rings is 1. The van der Waals surface area contributed by atoms with Gasteiger partial charge in [-0.3, -0.25) is 14.6 Å². The Balaban J connectivity index is 1.55. The second-order valence-electron chi connectivity index (χ2n) is 6.52. The summed E-state index contributed by atoms with van der Waals surface area (Å²) in [5.74, 6) is 1.24. The first-order valence-electron chi connectivity index (χ1n) is 8.24. The number of hydrogen-bond donors (Lipinski definition) is 1. The number of likely N-dealkylation sites (N-methyl/N-ethyl adjacent to an activating group) is 1. The van der Waals surface area contributed by atoms with Crippen molar-refractivity contribution in [1.29, 1.82) is 0 Å². The Morgan fingerprint density at radius 1 is 1.50 bits per heavy atom. The van der Waals surface area contributed by atoms with Gasteiger partial charge < -0.3 is 10.2 Å². The summed E-state index contributed by atoms with van der Waals surface area (Å²) in [5.41, 5.74) is 7.05. The molecule has 24 heavy (non-hydrogen) atoms. The molecule has 0 radical (unpaired) electrons. The largest absolute Gasteiger partial charge is 0.445 e. The molecular formula is C18H24N4O2. The molecule has 0 unspecified atom stereocenters. The smallest absolute Gasteiger partial charge is 0.248 e. The van der Waals surface area contributed by atoms with Gasteiger partial charge in [0.15, 0.2) is 0 Å². The van der Waals surface area contributed by atoms with E-state index in [1.165, 1.54) is 0 Å². The first-order chi connectivity index (χ1) is 11.5. The predicted octanol–water partition coefficient (Wildman–Crippen LogP) is 1.79. The fourth-order valence-corrected chi connectivity index (χ4v) is 3.21. The summed E-state index contributed by atoms with van der Waals surface area (Å²) >= 11 is 0. The van der Waals surface area contributed by atoms with Crippen LogP contribution in [0, 0.1) is 6.92 Å². The molecule has 3 rings (SSSR count). The Kier molecular flexibility index (Phi) is 4.97. The lowest BCUT2D eigenvalue weighted by Gasteiger charge is -2.23. The lowest BCUT2D eigenvalue weighted by Crippen LogP contribution is -2.34. The Labute approximate surface area is 142 Å². The average molecular weight is 328 g/mol. The minimum Gasteiger partial charge on any atom is -0.445 e. The van der Waals surface area contributed by atoms with E-state index < -0.39 is 0 Å². The maximum Gasteiger partial charge on any atom is 0.248 e. The van der Waals surface area contributed by atoms with E-state index in [1.807, 2.05) is 25.1 Å². The second kappa shape index (κ2) is 7.15. The van der Waals surface area contributed by atoms with Crippen LogP contribution in [-0.4, -0.2) is 46.9 Å². The number of aryl methyl sites for hydroxylation is 1. The molecule has 2 aromatic rings. The molecule has 6 nitrogen and oxygen atoms in total. The van der Waals surface area contributed by atoms with Crippen molar-refractivity contribution in [2.75, 3.05) is 20.1 Å². The molecule has 6 heteroatoms. The summed E-state index contributed by atoms with van der Waals surface area (Å²) in [4.78, 5) is 20.3. The van der Waals surface area contributed by atoms with Crippen LogP contribution in [0.4, 0.5) is 0 Å². The molecule has 1 aromatic carbocycles. The maximum atomic E-state index is 11.3. The zero-order valence-electron chi connectivity index (χ0n) is 14.2. The molecule has 1 aromatic heterocycles. The van der Waals surface area contributed by atoms with Crippen LogP contribution in [0.1, 0.15) is 34.0 Å². The number of likely N-dealkylation sites (tertiary alicyclic amines) is 1. The van der Waals surface area contributed by atoms with Crippen molar-refractivity contribution < 1.29 is 9.21 Å². The van der Waals surface area contributed by atoms with E-state index >= 15 is 0 Å². The number of hydrogen-bond acceptors (Lipinski definition) is 5. The maximum absolute atomic E-state index is 11.3. The molecule has 2 N–H and O–H groups in total. The van der Waals surface area contributed by atoms with Gasteiger partial charge >= 0.3 is 0 Å². The molecule has 0 saturated carbocycles. The van der Waals surface area contributed by atoms with E-state index in [4.69, 9.17) is 10.2 Å². The lowest BCUT2D eigenvalue weighted by atomic mass is 10.1. The molecule has 0 spiro atoms. The molecule has 0 bridgehead atoms. The molecular weight excluding hydrogens is 304 g/mol. The van der Waals surface area contributed by atoms with E-state index in [0.717, 1.165) is 49.8 Å². The normalized spacial score (nSPS) is 18.4. The van der Waals surface area contributed by atoms with Crippen LogP contribution >= 0.6 is 0 Å². The fraction of sp³-hybridized carbons (Fsp3) is 0.444. The highest BCUT2D eigenvalue weighted by molar-refractivity contribution is 5.92. The van der Waals surface area contributed by atoms with E-state index in [0.29, 0.717) is 11.6 Å². The van der Waals surface area contributed by atoms with Crippen LogP contribution in [-0.2, 0) is 13.1 Å². The van der Waals surface area contributed by atoms with Gasteiger partial charge in [0.1, 0.15) is 5.76 Å². The van der Waals surface area contributed by atoms with Crippen molar-refractivity contribution in [3.63, 3.8) is 0 Å². The van der Waals surface area contributed by atoms with Gasteiger partial charge in [0, 0.05) is 31.2 Å². The first-order valence-corrected chi connectivity index (χ1v) is 8.24. The van der Waals surface area contributed by atoms with Gasteiger partial charge in [-0.15, -0.1) is 0 Å². The van der Waals surface area contributed by atoms with E-state index in [2.05, 4.69) is 21.8 Å². The molecule has 1 fully saturated rings. The second-order valence-corrected chi connectivity index (χ2v) is 6.52. The number of oxazole rings is 1. The molecule has 1 aliphatic heterocycles. The number of rotatable bonds is 6. The number of carbonyl (C=O) groups is 1. The number of primary amides is 1. The van der Waals surface area contributed by atoms with Gasteiger partial charge in [0.05, 0.1) is 12.7 Å². The Morgan fingerprint density at radius 3 is 3.04 bits per heavy atom. The molecule has 1 amide bonds. The number of amides is 1. The third-order valence-electron chi connectivity index (χ3n) is 4.54. The minimum absolute atomic E-state index is 0.378. The Morgan fingerprint density at radius 2 is 2.33 bits per heavy atom. The third kappa shape index (κ3) is 4.01. The highest BCUT2D eigenvalue weighted by Gasteiger charge is 2.26. The Bertz CT molecular complexity index is 713. The first kappa shape index (κ1) is 16.7. The van der Waals surface area contributed by atoms with Crippen molar-refractivity contribution in [3.8, 4) is 0 Å². The van der Waals surface area contributed by atoms with Gasteiger partial charge in [-0.25, -0.2) is 4.98 Å². The lowest BCUT2D eigenvalue weighted by molar-refractivity contribution is 0.1000. The van der Waals surface area contributed by atoms with Gasteiger partial charge in [0.2, 0.25) is 11.8 Å². The highest BCUT2D eigenvalue weighted by atomic mass is 16.4. The Hall–Kier alpha value is -2.18. The topological polar surface area (TPSA) is 75.6 Å².